The lowest BCUT2D eigenvalue weighted by Gasteiger charge is -2.59. The predicted octanol–water partition coefficient (Wildman–Crippen LogP) is 2.73. The maximum atomic E-state index is 13.3. The van der Waals surface area contributed by atoms with Crippen molar-refractivity contribution in [3.05, 3.63) is 0 Å². The molecule has 23 heteroatoms. The van der Waals surface area contributed by atoms with Crippen molar-refractivity contribution < 1.29 is 18.1 Å². The maximum absolute atomic E-state index is 13.3. The van der Waals surface area contributed by atoms with E-state index in [0.717, 1.165) is 0 Å². The summed E-state index contributed by atoms with van der Waals surface area (Å²) in [5, 5.41) is 0. The highest BCUT2D eigenvalue weighted by molar-refractivity contribution is 7.67. The highest BCUT2D eigenvalue weighted by Crippen LogP contribution is 2.66. The first kappa shape index (κ1) is 48.0. The highest BCUT2D eigenvalue weighted by atomic mass is 31.3. The molecule has 0 aliphatic heterocycles. The second-order valence-electron chi connectivity index (χ2n) is 13.1. The second kappa shape index (κ2) is 18.6. The first-order chi connectivity index (χ1) is 21.2. The van der Waals surface area contributed by atoms with Crippen LogP contribution in [-0.4, -0.2) is 229 Å². The van der Waals surface area contributed by atoms with Gasteiger partial charge in [0.15, 0.2) is 44.8 Å². The summed E-state index contributed by atoms with van der Waals surface area (Å²) in [6, 6.07) is 0. The van der Waals surface area contributed by atoms with Gasteiger partial charge >= 0.3 is 7.82 Å². The van der Waals surface area contributed by atoms with E-state index in [9.17, 15) is 9.46 Å². The molecular weight excluding hydrogens is 703 g/mol. The molecule has 284 valence electrons. The highest BCUT2D eigenvalue weighted by Gasteiger charge is 2.52. The van der Waals surface area contributed by atoms with E-state index in [0.29, 0.717) is 0 Å². The molecule has 0 saturated heterocycles. The van der Waals surface area contributed by atoms with Crippen LogP contribution < -0.4 is 0 Å². The van der Waals surface area contributed by atoms with Crippen molar-refractivity contribution in [2.45, 2.75) is 11.8 Å². The summed E-state index contributed by atoms with van der Waals surface area (Å²) >= 11 is 0. The average Bonchev–Trinajstić information content (AvgIpc) is 2.87. The van der Waals surface area contributed by atoms with E-state index in [1.807, 2.05) is 174 Å². The molecule has 0 rings (SSSR count). The van der Waals surface area contributed by atoms with Crippen molar-refractivity contribution in [3.63, 3.8) is 0 Å². The van der Waals surface area contributed by atoms with Crippen LogP contribution in [0.2, 0.25) is 0 Å². The quantitative estimate of drug-likeness (QED) is 0.144. The van der Waals surface area contributed by atoms with Gasteiger partial charge in [0.25, 0.3) is 0 Å². The largest absolute Gasteiger partial charge is 0.481 e. The average molecular weight is 773 g/mol. The number of phosphoric acid groups is 1. The van der Waals surface area contributed by atoms with Gasteiger partial charge in [-0.25, -0.2) is 31.6 Å². The Hall–Kier alpha value is 0.950. The summed E-state index contributed by atoms with van der Waals surface area (Å²) < 4.78 is 47.1. The molecule has 0 aromatic heterocycles. The van der Waals surface area contributed by atoms with Crippen molar-refractivity contribution in [1.29, 1.82) is 0 Å². The van der Waals surface area contributed by atoms with Gasteiger partial charge in [-0.3, -0.25) is 48.1 Å². The molecule has 0 aromatic rings. The predicted molar refractivity (Wildman–Crippen MR) is 205 cm³/mol. The van der Waals surface area contributed by atoms with Crippen molar-refractivity contribution in [1.82, 2.24) is 57.4 Å². The van der Waals surface area contributed by atoms with Crippen LogP contribution in [0.5, 0.6) is 0 Å². The number of hydrogen-bond acceptors (Lipinski definition) is 11. The van der Waals surface area contributed by atoms with Gasteiger partial charge in [-0.1, -0.05) is 0 Å². The fourth-order valence-corrected chi connectivity index (χ4v) is 19.5. The molecule has 18 nitrogen and oxygen atoms in total. The minimum atomic E-state index is -4.54. The van der Waals surface area contributed by atoms with Crippen LogP contribution in [0.4, 0.5) is 0 Å². The summed E-state index contributed by atoms with van der Waals surface area (Å²) in [4.78, 5) is 23.5. The van der Waals surface area contributed by atoms with Crippen LogP contribution in [0.3, 0.4) is 0 Å². The van der Waals surface area contributed by atoms with Gasteiger partial charge in [0.2, 0.25) is 0 Å². The summed E-state index contributed by atoms with van der Waals surface area (Å²) in [7, 11) is 32.5. The topological polar surface area (TPSA) is 119 Å². The lowest BCUT2D eigenvalue weighted by atomic mass is 10.4. The van der Waals surface area contributed by atoms with Gasteiger partial charge in [0.1, 0.15) is 0 Å². The fourth-order valence-electron chi connectivity index (χ4n) is 7.05. The molecule has 0 aromatic carbocycles. The number of rotatable bonds is 20. The van der Waals surface area contributed by atoms with E-state index in [4.69, 9.17) is 17.7 Å². The molecular formula is C24H69N14O4P5. The van der Waals surface area contributed by atoms with E-state index >= 15 is 0 Å². The Kier molecular flexibility index (Phi) is 19.0. The molecule has 0 radical (unpaired) electrons. The zero-order valence-electron chi connectivity index (χ0n) is 33.3. The molecule has 1 N–H and O–H groups in total. The summed E-state index contributed by atoms with van der Waals surface area (Å²) in [5.74, 6) is -1.40. The normalized spacial score (nSPS) is 16.4. The number of hydrogen-bond donors (Lipinski definition) is 1. The van der Waals surface area contributed by atoms with Crippen molar-refractivity contribution in [2.75, 3.05) is 155 Å². The van der Waals surface area contributed by atoms with Gasteiger partial charge in [-0.15, -0.1) is 0 Å². The molecule has 0 fully saturated rings. The third-order valence-electron chi connectivity index (χ3n) is 8.08. The van der Waals surface area contributed by atoms with E-state index in [1.165, 1.54) is 0 Å². The first-order valence-corrected chi connectivity index (χ1v) is 21.2. The molecule has 0 amide bonds. The smallest absolute Gasteiger partial charge is 0.302 e. The second-order valence-corrected chi connectivity index (χ2v) is 24.0. The minimum Gasteiger partial charge on any atom is -0.302 e. The molecule has 0 saturated carbocycles. The van der Waals surface area contributed by atoms with Crippen molar-refractivity contribution in [2.24, 2.45) is 9.03 Å². The zero-order valence-corrected chi connectivity index (χ0v) is 38.0. The van der Waals surface area contributed by atoms with E-state index in [1.54, 1.807) is 0 Å². The van der Waals surface area contributed by atoms with Gasteiger partial charge in [-0.2, -0.15) is 0 Å². The monoisotopic (exact) mass is 772 g/mol. The summed E-state index contributed by atoms with van der Waals surface area (Å²) in [6.45, 7) is 0. The summed E-state index contributed by atoms with van der Waals surface area (Å²) in [5.41, 5.74) is 0. The van der Waals surface area contributed by atoms with E-state index < -0.39 is 52.6 Å². The molecule has 0 bridgehead atoms. The Bertz CT molecular complexity index is 988. The van der Waals surface area contributed by atoms with Crippen LogP contribution in [-0.2, 0) is 13.2 Å². The lowest BCUT2D eigenvalue weighted by Crippen LogP contribution is -2.72. The third kappa shape index (κ3) is 9.31. The Labute approximate surface area is 291 Å². The Morgan fingerprint density at radius 3 is 0.787 bits per heavy atom. The third-order valence-corrected chi connectivity index (χ3v) is 19.8. The zero-order chi connectivity index (χ0) is 37.7. The van der Waals surface area contributed by atoms with E-state index in [-0.39, 0.29) is 0 Å². The van der Waals surface area contributed by atoms with Crippen LogP contribution in [0, 0.1) is 0 Å². The van der Waals surface area contributed by atoms with Crippen molar-refractivity contribution in [3.8, 4) is 0 Å². The van der Waals surface area contributed by atoms with Crippen LogP contribution in [0.15, 0.2) is 9.03 Å². The molecule has 0 spiro atoms. The molecule has 0 heterocycles. The number of nitrogens with zero attached hydrogens (tertiary/aromatic N) is 14. The Morgan fingerprint density at radius 2 is 0.638 bits per heavy atom. The van der Waals surface area contributed by atoms with Crippen molar-refractivity contribution >= 4 is 40.8 Å². The fraction of sp³-hybridized carbons (Fsp3) is 1.00. The SMILES string of the molecule is CN(C)C(N(C)C)(N(C)C)N(C)P(=NPOP(=O)(O)OPN=P(N(C)C)(N(C)C)N(C)C(N(C)C)(N(C)C)N(C)C)(N(C)C)N(C)C. The van der Waals surface area contributed by atoms with Crippen LogP contribution in [0.1, 0.15) is 0 Å². The lowest BCUT2D eigenvalue weighted by molar-refractivity contribution is -0.179. The minimum absolute atomic E-state index is 0.686. The first-order valence-electron chi connectivity index (χ1n) is 14.8. The molecule has 47 heavy (non-hydrogen) atoms. The van der Waals surface area contributed by atoms with Gasteiger partial charge in [-0.05, 0) is 155 Å². The van der Waals surface area contributed by atoms with Gasteiger partial charge in [0, 0.05) is 0 Å². The van der Waals surface area contributed by atoms with Crippen LogP contribution in [0.25, 0.3) is 0 Å². The Balaban J connectivity index is 6.86. The molecule has 0 aliphatic carbocycles. The van der Waals surface area contributed by atoms with Crippen LogP contribution >= 0.6 is 40.8 Å². The maximum Gasteiger partial charge on any atom is 0.481 e. The molecule has 0 aliphatic rings. The van der Waals surface area contributed by atoms with E-state index in [2.05, 4.69) is 38.7 Å². The summed E-state index contributed by atoms with van der Waals surface area (Å²) in [6.07, 6.45) is 0. The molecule has 2 unspecified atom stereocenters. The van der Waals surface area contributed by atoms with Gasteiger partial charge < -0.3 is 4.89 Å². The Morgan fingerprint density at radius 1 is 0.447 bits per heavy atom. The van der Waals surface area contributed by atoms with Gasteiger partial charge in [0.05, 0.1) is 0 Å². The standard InChI is InChI=1S/C24H69N14O4P5/c1-27(2)23(28(3)4,29(5)6)37(21)45(33(13)14,34(15)16)25-43-41-47(39,40)42-44-26-46(35(17)18,36(19)20)38(22)24(30(7)8,31(9)10)32(11)12/h43-44H,1-22H3,(H,39,40). The molecule has 2 atom stereocenters.